The third kappa shape index (κ3) is 5.85. The number of aliphatic imine (C=N–C) groups is 1. The Morgan fingerprint density at radius 1 is 1.20 bits per heavy atom. The summed E-state index contributed by atoms with van der Waals surface area (Å²) in [6, 6.07) is 7.42. The summed E-state index contributed by atoms with van der Waals surface area (Å²) >= 11 is 0. The van der Waals surface area contributed by atoms with Crippen molar-refractivity contribution in [1.29, 1.82) is 0 Å². The van der Waals surface area contributed by atoms with Crippen LogP contribution >= 0.6 is 0 Å². The van der Waals surface area contributed by atoms with Crippen LogP contribution in [0.25, 0.3) is 0 Å². The molecule has 134 valence electrons. The van der Waals surface area contributed by atoms with Gasteiger partial charge in [-0.25, -0.2) is 0 Å². The van der Waals surface area contributed by atoms with Crippen molar-refractivity contribution in [2.45, 2.75) is 40.5 Å². The number of hydrogen-bond acceptors (Lipinski definition) is 5. The summed E-state index contributed by atoms with van der Waals surface area (Å²) in [5.41, 5.74) is 3.63. The van der Waals surface area contributed by atoms with Gasteiger partial charge in [-0.2, -0.15) is 0 Å². The second-order valence-corrected chi connectivity index (χ2v) is 7.06. The number of carbonyl (C=O) groups is 2. The molecular formula is C20H26N2O3. The molecule has 0 fully saturated rings. The van der Waals surface area contributed by atoms with E-state index < -0.39 is 0 Å². The molecule has 0 saturated heterocycles. The molecule has 1 aliphatic carbocycles. The first-order chi connectivity index (χ1) is 11.8. The Morgan fingerprint density at radius 2 is 1.88 bits per heavy atom. The Labute approximate surface area is 149 Å². The quantitative estimate of drug-likeness (QED) is 0.626. The SMILES string of the molecule is CCOC(=O)CN=C1C=C(Nc2ccc(C(C)=O)cc2)CC(C)(C)C1. The largest absolute Gasteiger partial charge is 0.465 e. The van der Waals surface area contributed by atoms with E-state index in [-0.39, 0.29) is 23.7 Å². The van der Waals surface area contributed by atoms with Crippen molar-refractivity contribution in [3.63, 3.8) is 0 Å². The van der Waals surface area contributed by atoms with Crippen molar-refractivity contribution < 1.29 is 14.3 Å². The van der Waals surface area contributed by atoms with E-state index >= 15 is 0 Å². The fraction of sp³-hybridized carbons (Fsp3) is 0.450. The Kier molecular flexibility index (Phi) is 6.12. The van der Waals surface area contributed by atoms with Gasteiger partial charge in [-0.3, -0.25) is 14.6 Å². The second-order valence-electron chi connectivity index (χ2n) is 7.06. The van der Waals surface area contributed by atoms with Gasteiger partial charge in [-0.1, -0.05) is 13.8 Å². The average molecular weight is 342 g/mol. The number of ketones is 1. The molecule has 0 amide bonds. The van der Waals surface area contributed by atoms with E-state index in [1.165, 1.54) is 0 Å². The number of hydrogen-bond donors (Lipinski definition) is 1. The first kappa shape index (κ1) is 18.9. The van der Waals surface area contributed by atoms with E-state index in [1.54, 1.807) is 13.8 Å². The number of allylic oxidation sites excluding steroid dienone is 2. The molecule has 1 aromatic carbocycles. The van der Waals surface area contributed by atoms with Crippen molar-refractivity contribution in [1.82, 2.24) is 0 Å². The normalized spacial score (nSPS) is 17.8. The lowest BCUT2D eigenvalue weighted by Gasteiger charge is -2.31. The highest BCUT2D eigenvalue weighted by Gasteiger charge is 2.26. The number of anilines is 1. The second kappa shape index (κ2) is 8.10. The number of esters is 1. The van der Waals surface area contributed by atoms with E-state index in [1.807, 2.05) is 30.3 Å². The van der Waals surface area contributed by atoms with E-state index in [9.17, 15) is 9.59 Å². The van der Waals surface area contributed by atoms with Crippen LogP contribution < -0.4 is 5.32 Å². The van der Waals surface area contributed by atoms with Crippen LogP contribution in [0.3, 0.4) is 0 Å². The molecular weight excluding hydrogens is 316 g/mol. The maximum atomic E-state index is 11.5. The summed E-state index contributed by atoms with van der Waals surface area (Å²) in [5.74, 6) is -0.251. The van der Waals surface area contributed by atoms with Crippen molar-refractivity contribution in [2.24, 2.45) is 10.4 Å². The van der Waals surface area contributed by atoms with Gasteiger partial charge in [0.1, 0.15) is 6.54 Å². The molecule has 1 aliphatic rings. The summed E-state index contributed by atoms with van der Waals surface area (Å²) < 4.78 is 4.93. The standard InChI is InChI=1S/C20H26N2O3/c1-5-25-19(24)13-21-17-10-18(12-20(3,4)11-17)22-16-8-6-15(7-9-16)14(2)23/h6-10,22H,5,11-13H2,1-4H3. The molecule has 25 heavy (non-hydrogen) atoms. The van der Waals surface area contributed by atoms with Crippen LogP contribution in [0.4, 0.5) is 5.69 Å². The highest BCUT2D eigenvalue weighted by molar-refractivity contribution is 5.98. The van der Waals surface area contributed by atoms with Crippen LogP contribution in [-0.2, 0) is 9.53 Å². The number of rotatable bonds is 6. The number of benzene rings is 1. The fourth-order valence-electron chi connectivity index (χ4n) is 2.90. The molecule has 0 aromatic heterocycles. The highest BCUT2D eigenvalue weighted by atomic mass is 16.5. The predicted octanol–water partition coefficient (Wildman–Crippen LogP) is 4.01. The Balaban J connectivity index is 2.13. The molecule has 0 unspecified atom stereocenters. The minimum atomic E-state index is -0.305. The molecule has 1 aromatic rings. The monoisotopic (exact) mass is 342 g/mol. The lowest BCUT2D eigenvalue weighted by molar-refractivity contribution is -0.141. The highest BCUT2D eigenvalue weighted by Crippen LogP contribution is 2.34. The first-order valence-corrected chi connectivity index (χ1v) is 8.56. The van der Waals surface area contributed by atoms with Crippen molar-refractivity contribution >= 4 is 23.2 Å². The summed E-state index contributed by atoms with van der Waals surface area (Å²) in [6.45, 7) is 8.13. The van der Waals surface area contributed by atoms with Crippen LogP contribution in [0, 0.1) is 5.41 Å². The molecule has 0 spiro atoms. The van der Waals surface area contributed by atoms with E-state index in [0.29, 0.717) is 12.2 Å². The van der Waals surface area contributed by atoms with E-state index in [0.717, 1.165) is 29.9 Å². The van der Waals surface area contributed by atoms with Crippen molar-refractivity contribution in [2.75, 3.05) is 18.5 Å². The van der Waals surface area contributed by atoms with Crippen molar-refractivity contribution in [3.05, 3.63) is 41.6 Å². The lowest BCUT2D eigenvalue weighted by Crippen LogP contribution is -2.25. The molecule has 5 heteroatoms. The van der Waals surface area contributed by atoms with Crippen LogP contribution in [-0.4, -0.2) is 30.6 Å². The molecule has 2 rings (SSSR count). The molecule has 0 bridgehead atoms. The maximum absolute atomic E-state index is 11.5. The van der Waals surface area contributed by atoms with E-state index in [2.05, 4.69) is 24.2 Å². The Morgan fingerprint density at radius 3 is 2.48 bits per heavy atom. The minimum absolute atomic E-state index is 0.0519. The van der Waals surface area contributed by atoms with Crippen LogP contribution in [0.1, 0.15) is 50.9 Å². The summed E-state index contributed by atoms with van der Waals surface area (Å²) in [6.07, 6.45) is 3.71. The molecule has 0 heterocycles. The van der Waals surface area contributed by atoms with Crippen LogP contribution in [0.5, 0.6) is 0 Å². The first-order valence-electron chi connectivity index (χ1n) is 8.56. The Bertz CT molecular complexity index is 700. The van der Waals surface area contributed by atoms with Crippen LogP contribution in [0.2, 0.25) is 0 Å². The number of nitrogens with one attached hydrogen (secondary N) is 1. The van der Waals surface area contributed by atoms with Gasteiger partial charge < -0.3 is 10.1 Å². The number of Topliss-reactive ketones (excluding diaryl/α,β-unsaturated/α-hetero) is 1. The van der Waals surface area contributed by atoms with Crippen molar-refractivity contribution in [3.8, 4) is 0 Å². The van der Waals surface area contributed by atoms with Gasteiger partial charge in [-0.15, -0.1) is 0 Å². The van der Waals surface area contributed by atoms with E-state index in [4.69, 9.17) is 4.74 Å². The van der Waals surface area contributed by atoms with Gasteiger partial charge in [0.15, 0.2) is 5.78 Å². The number of ether oxygens (including phenoxy) is 1. The molecule has 0 saturated carbocycles. The average Bonchev–Trinajstić information content (AvgIpc) is 2.52. The molecule has 0 atom stereocenters. The number of carbonyl (C=O) groups excluding carboxylic acids is 2. The molecule has 0 radical (unpaired) electrons. The third-order valence-corrected chi connectivity index (χ3v) is 3.98. The van der Waals surface area contributed by atoms with Gasteiger partial charge >= 0.3 is 5.97 Å². The molecule has 0 aliphatic heterocycles. The zero-order chi connectivity index (χ0) is 18.4. The van der Waals surface area contributed by atoms with Gasteiger partial charge in [0.25, 0.3) is 0 Å². The Hall–Kier alpha value is -2.43. The van der Waals surface area contributed by atoms with Gasteiger partial charge in [0.2, 0.25) is 0 Å². The summed E-state index contributed by atoms with van der Waals surface area (Å²) in [7, 11) is 0. The topological polar surface area (TPSA) is 67.8 Å². The summed E-state index contributed by atoms with van der Waals surface area (Å²) in [5, 5.41) is 3.40. The van der Waals surface area contributed by atoms with Gasteiger partial charge in [0, 0.05) is 22.7 Å². The van der Waals surface area contributed by atoms with Crippen LogP contribution in [0.15, 0.2) is 41.0 Å². The third-order valence-electron chi connectivity index (χ3n) is 3.98. The fourth-order valence-corrected chi connectivity index (χ4v) is 2.90. The zero-order valence-electron chi connectivity index (χ0n) is 15.4. The lowest BCUT2D eigenvalue weighted by atomic mass is 9.78. The maximum Gasteiger partial charge on any atom is 0.327 e. The van der Waals surface area contributed by atoms with Gasteiger partial charge in [0.05, 0.1) is 6.61 Å². The van der Waals surface area contributed by atoms with Gasteiger partial charge in [-0.05, 0) is 62.4 Å². The predicted molar refractivity (Wildman–Crippen MR) is 100 cm³/mol. The molecule has 5 nitrogen and oxygen atoms in total. The summed E-state index contributed by atoms with van der Waals surface area (Å²) in [4.78, 5) is 27.3. The zero-order valence-corrected chi connectivity index (χ0v) is 15.4. The molecule has 1 N–H and O–H groups in total. The smallest absolute Gasteiger partial charge is 0.327 e. The minimum Gasteiger partial charge on any atom is -0.465 e. The number of nitrogens with zero attached hydrogens (tertiary/aromatic N) is 1.